The summed E-state index contributed by atoms with van der Waals surface area (Å²) in [5.41, 5.74) is 0. The first-order chi connectivity index (χ1) is 8.63. The van der Waals surface area contributed by atoms with Crippen LogP contribution in [0.3, 0.4) is 0 Å². The van der Waals surface area contributed by atoms with Gasteiger partial charge in [0, 0.05) is 13.1 Å². The van der Waals surface area contributed by atoms with Crippen molar-refractivity contribution >= 4 is 39.5 Å². The summed E-state index contributed by atoms with van der Waals surface area (Å²) in [5.74, 6) is 0.0977. The summed E-state index contributed by atoms with van der Waals surface area (Å²) in [6, 6.07) is 3.16. The highest BCUT2D eigenvalue weighted by Crippen LogP contribution is 2.13. The second kappa shape index (κ2) is 7.99. The number of ether oxygens (including phenoxy) is 1. The molecular formula is C10H12BrClN2O4. The van der Waals surface area contributed by atoms with Crippen molar-refractivity contribution in [1.29, 1.82) is 0 Å². The van der Waals surface area contributed by atoms with E-state index in [4.69, 9.17) is 16.0 Å². The Hall–Kier alpha value is -1.21. The van der Waals surface area contributed by atoms with Crippen LogP contribution in [0, 0.1) is 0 Å². The summed E-state index contributed by atoms with van der Waals surface area (Å²) >= 11 is 8.44. The predicted octanol–water partition coefficient (Wildman–Crippen LogP) is 1.74. The van der Waals surface area contributed by atoms with E-state index in [0.717, 1.165) is 0 Å². The molecule has 0 aliphatic rings. The Morgan fingerprint density at radius 3 is 2.67 bits per heavy atom. The minimum Gasteiger partial charge on any atom is -0.448 e. The molecule has 0 saturated carbocycles. The van der Waals surface area contributed by atoms with Crippen LogP contribution >= 0.6 is 27.5 Å². The van der Waals surface area contributed by atoms with Gasteiger partial charge in [-0.3, -0.25) is 4.79 Å². The van der Waals surface area contributed by atoms with Gasteiger partial charge in [0.1, 0.15) is 6.61 Å². The molecule has 0 saturated heterocycles. The van der Waals surface area contributed by atoms with Crippen LogP contribution in [0.1, 0.15) is 10.6 Å². The number of nitrogens with one attached hydrogen (secondary N) is 2. The average molecular weight is 340 g/mol. The van der Waals surface area contributed by atoms with E-state index in [2.05, 4.69) is 31.3 Å². The van der Waals surface area contributed by atoms with Gasteiger partial charge < -0.3 is 19.8 Å². The number of amides is 2. The molecule has 1 aromatic rings. The minimum absolute atomic E-state index is 0.153. The molecule has 0 spiro atoms. The second-order valence-electron chi connectivity index (χ2n) is 3.11. The minimum atomic E-state index is -0.564. The zero-order chi connectivity index (χ0) is 13.4. The SMILES string of the molecule is O=C(NCCNC(=O)c1ccc(Br)o1)OCCCl. The van der Waals surface area contributed by atoms with E-state index in [0.29, 0.717) is 4.67 Å². The molecule has 0 radical (unpaired) electrons. The average Bonchev–Trinajstić information content (AvgIpc) is 2.78. The van der Waals surface area contributed by atoms with Crippen molar-refractivity contribution in [3.8, 4) is 0 Å². The van der Waals surface area contributed by atoms with Crippen molar-refractivity contribution in [2.24, 2.45) is 0 Å². The summed E-state index contributed by atoms with van der Waals surface area (Å²) in [4.78, 5) is 22.5. The van der Waals surface area contributed by atoms with Gasteiger partial charge >= 0.3 is 6.09 Å². The maximum Gasteiger partial charge on any atom is 0.407 e. The largest absolute Gasteiger partial charge is 0.448 e. The summed E-state index contributed by atoms with van der Waals surface area (Å²) < 4.78 is 10.2. The van der Waals surface area contributed by atoms with Gasteiger partial charge in [-0.25, -0.2) is 4.79 Å². The number of hydrogen-bond donors (Lipinski definition) is 2. The molecular weight excluding hydrogens is 327 g/mol. The van der Waals surface area contributed by atoms with Gasteiger partial charge in [-0.05, 0) is 28.1 Å². The number of carbonyl (C=O) groups excluding carboxylic acids is 2. The van der Waals surface area contributed by atoms with E-state index in [9.17, 15) is 9.59 Å². The molecule has 0 aromatic carbocycles. The van der Waals surface area contributed by atoms with Crippen molar-refractivity contribution in [1.82, 2.24) is 10.6 Å². The van der Waals surface area contributed by atoms with Gasteiger partial charge in [0.2, 0.25) is 0 Å². The van der Waals surface area contributed by atoms with Crippen molar-refractivity contribution in [3.63, 3.8) is 0 Å². The molecule has 0 unspecified atom stereocenters. The van der Waals surface area contributed by atoms with Gasteiger partial charge in [-0.2, -0.15) is 0 Å². The molecule has 1 heterocycles. The lowest BCUT2D eigenvalue weighted by atomic mass is 10.4. The van der Waals surface area contributed by atoms with Gasteiger partial charge in [0.05, 0.1) is 5.88 Å². The van der Waals surface area contributed by atoms with Crippen molar-refractivity contribution in [3.05, 3.63) is 22.6 Å². The first kappa shape index (κ1) is 14.8. The summed E-state index contributed by atoms with van der Waals surface area (Å²) in [6.45, 7) is 0.683. The number of carbonyl (C=O) groups is 2. The first-order valence-corrected chi connectivity index (χ1v) is 6.46. The van der Waals surface area contributed by atoms with Crippen molar-refractivity contribution in [2.75, 3.05) is 25.6 Å². The fourth-order valence-corrected chi connectivity index (χ4v) is 1.43. The molecule has 2 N–H and O–H groups in total. The number of furan rings is 1. The standard InChI is InChI=1S/C10H12BrClN2O4/c11-8-2-1-7(18-8)9(15)13-4-5-14-10(16)17-6-3-12/h1-2H,3-6H2,(H,13,15)(H,14,16). The van der Waals surface area contributed by atoms with E-state index in [1.807, 2.05) is 0 Å². The lowest BCUT2D eigenvalue weighted by Gasteiger charge is -2.06. The molecule has 8 heteroatoms. The van der Waals surface area contributed by atoms with Crippen molar-refractivity contribution < 1.29 is 18.7 Å². The molecule has 2 amide bonds. The smallest absolute Gasteiger partial charge is 0.407 e. The van der Waals surface area contributed by atoms with Crippen LogP contribution < -0.4 is 10.6 Å². The van der Waals surface area contributed by atoms with Crippen molar-refractivity contribution in [2.45, 2.75) is 0 Å². The number of hydrogen-bond acceptors (Lipinski definition) is 4. The fourth-order valence-electron chi connectivity index (χ4n) is 1.05. The Balaban J connectivity index is 2.14. The number of halogens is 2. The second-order valence-corrected chi connectivity index (χ2v) is 4.27. The maximum absolute atomic E-state index is 11.5. The lowest BCUT2D eigenvalue weighted by Crippen LogP contribution is -2.35. The quantitative estimate of drug-likeness (QED) is 0.611. The maximum atomic E-state index is 11.5. The Bertz CT molecular complexity index is 410. The van der Waals surface area contributed by atoms with Crippen LogP contribution in [-0.2, 0) is 4.74 Å². The lowest BCUT2D eigenvalue weighted by molar-refractivity contribution is 0.0923. The highest BCUT2D eigenvalue weighted by atomic mass is 79.9. The molecule has 0 bridgehead atoms. The molecule has 0 fully saturated rings. The molecule has 6 nitrogen and oxygen atoms in total. The summed E-state index contributed by atoms with van der Waals surface area (Å²) in [6.07, 6.45) is -0.564. The highest BCUT2D eigenvalue weighted by molar-refractivity contribution is 9.10. The monoisotopic (exact) mass is 338 g/mol. The third-order valence-electron chi connectivity index (χ3n) is 1.79. The van der Waals surface area contributed by atoms with Gasteiger partial charge in [0.25, 0.3) is 5.91 Å². The third-order valence-corrected chi connectivity index (χ3v) is 2.37. The number of alkyl halides is 1. The molecule has 1 rings (SSSR count). The molecule has 0 aliphatic heterocycles. The normalized spacial score (nSPS) is 9.89. The van der Waals surface area contributed by atoms with Gasteiger partial charge in [0.15, 0.2) is 10.4 Å². The van der Waals surface area contributed by atoms with Crippen LogP contribution in [0.5, 0.6) is 0 Å². The number of rotatable bonds is 6. The zero-order valence-corrected chi connectivity index (χ0v) is 11.7. The molecule has 0 atom stereocenters. The topological polar surface area (TPSA) is 80.6 Å². The van der Waals surface area contributed by atoms with Crippen LogP contribution in [0.25, 0.3) is 0 Å². The molecule has 0 aliphatic carbocycles. The van der Waals surface area contributed by atoms with Crippen LogP contribution in [0.2, 0.25) is 0 Å². The molecule has 1 aromatic heterocycles. The Labute approximate surface area is 117 Å². The molecule has 18 heavy (non-hydrogen) atoms. The molecule has 100 valence electrons. The zero-order valence-electron chi connectivity index (χ0n) is 9.37. The van der Waals surface area contributed by atoms with Crippen LogP contribution in [0.4, 0.5) is 4.79 Å². The summed E-state index contributed by atoms with van der Waals surface area (Å²) in [5, 5.41) is 5.03. The van der Waals surface area contributed by atoms with Gasteiger partial charge in [-0.1, -0.05) is 0 Å². The first-order valence-electron chi connectivity index (χ1n) is 5.13. The highest BCUT2D eigenvalue weighted by Gasteiger charge is 2.09. The summed E-state index contributed by atoms with van der Waals surface area (Å²) in [7, 11) is 0. The Kier molecular flexibility index (Phi) is 6.59. The van der Waals surface area contributed by atoms with E-state index >= 15 is 0 Å². The van der Waals surface area contributed by atoms with Gasteiger partial charge in [-0.15, -0.1) is 11.6 Å². The van der Waals surface area contributed by atoms with E-state index < -0.39 is 6.09 Å². The Morgan fingerprint density at radius 2 is 2.06 bits per heavy atom. The van der Waals surface area contributed by atoms with Crippen LogP contribution in [-0.4, -0.2) is 37.6 Å². The predicted molar refractivity (Wildman–Crippen MR) is 68.8 cm³/mol. The van der Waals surface area contributed by atoms with E-state index in [-0.39, 0.29) is 37.2 Å². The van der Waals surface area contributed by atoms with E-state index in [1.165, 1.54) is 0 Å². The fraction of sp³-hybridized carbons (Fsp3) is 0.400. The number of alkyl carbamates (subject to hydrolysis) is 1. The van der Waals surface area contributed by atoms with Crippen LogP contribution in [0.15, 0.2) is 21.2 Å². The van der Waals surface area contributed by atoms with E-state index in [1.54, 1.807) is 12.1 Å². The third kappa shape index (κ3) is 5.42. The Morgan fingerprint density at radius 1 is 1.33 bits per heavy atom.